The molecule has 2 N–H and O–H groups in total. The van der Waals surface area contributed by atoms with Crippen LogP contribution in [-0.4, -0.2) is 22.1 Å². The molecule has 0 aliphatic carbocycles. The molecule has 37 heavy (non-hydrogen) atoms. The first-order valence-electron chi connectivity index (χ1n) is 12.3. The lowest BCUT2D eigenvalue weighted by Gasteiger charge is -2.33. The second kappa shape index (κ2) is 10.5. The molecule has 0 saturated heterocycles. The molecule has 1 aromatic heterocycles. The molecular weight excluding hydrogens is 464 g/mol. The van der Waals surface area contributed by atoms with Crippen LogP contribution in [0.1, 0.15) is 36.5 Å². The van der Waals surface area contributed by atoms with Crippen LogP contribution >= 0.6 is 0 Å². The molecule has 7 nitrogen and oxygen atoms in total. The molecular formula is C30H28N4O3. The van der Waals surface area contributed by atoms with Crippen molar-refractivity contribution in [2.24, 2.45) is 0 Å². The van der Waals surface area contributed by atoms with E-state index in [-0.39, 0.29) is 6.61 Å². The van der Waals surface area contributed by atoms with Crippen LogP contribution in [0.4, 0.5) is 11.6 Å². The Morgan fingerprint density at radius 3 is 2.24 bits per heavy atom. The predicted octanol–water partition coefficient (Wildman–Crippen LogP) is 5.24. The molecule has 2 heterocycles. The molecule has 0 spiro atoms. The molecule has 0 saturated carbocycles. The van der Waals surface area contributed by atoms with E-state index in [1.807, 2.05) is 97.9 Å². The van der Waals surface area contributed by atoms with Crippen molar-refractivity contribution in [2.75, 3.05) is 17.2 Å². The van der Waals surface area contributed by atoms with Gasteiger partial charge < -0.3 is 15.4 Å². The topological polar surface area (TPSA) is 85.2 Å². The standard InChI is InChI=1S/C30H28N4O3/c1-3-37-29(35)24-20(2)32-28-26(25(24)22-15-9-5-10-16-22)27(31-19-21-13-7-4-8-14-21)33-30(36)34(28)23-17-11-6-12-18-23/h4-18,25,32H,3,19H2,1-2H3,(H,31,33,36). The molecule has 4 aromatic rings. The minimum Gasteiger partial charge on any atom is -0.463 e. The number of carbonyl (C=O) groups excluding carboxylic acids is 1. The monoisotopic (exact) mass is 492 g/mol. The first kappa shape index (κ1) is 24.1. The highest BCUT2D eigenvalue weighted by molar-refractivity contribution is 5.95. The van der Waals surface area contributed by atoms with Crippen molar-refractivity contribution in [1.82, 2.24) is 9.55 Å². The number of para-hydroxylation sites is 1. The van der Waals surface area contributed by atoms with E-state index in [2.05, 4.69) is 15.6 Å². The van der Waals surface area contributed by atoms with Gasteiger partial charge in [0.15, 0.2) is 0 Å². The molecule has 1 atom stereocenters. The number of rotatable bonds is 7. The summed E-state index contributed by atoms with van der Waals surface area (Å²) in [5.41, 5.74) is 4.02. The first-order valence-corrected chi connectivity index (χ1v) is 12.3. The Balaban J connectivity index is 1.76. The number of nitrogens with one attached hydrogen (secondary N) is 2. The summed E-state index contributed by atoms with van der Waals surface area (Å²) >= 11 is 0. The maximum absolute atomic E-state index is 13.5. The zero-order chi connectivity index (χ0) is 25.8. The van der Waals surface area contributed by atoms with Crippen molar-refractivity contribution >= 4 is 17.6 Å². The van der Waals surface area contributed by atoms with Crippen molar-refractivity contribution < 1.29 is 9.53 Å². The van der Waals surface area contributed by atoms with E-state index in [0.29, 0.717) is 40.7 Å². The van der Waals surface area contributed by atoms with Crippen LogP contribution in [0.25, 0.3) is 5.69 Å². The number of benzene rings is 3. The number of aromatic nitrogens is 2. The van der Waals surface area contributed by atoms with E-state index in [9.17, 15) is 9.59 Å². The SMILES string of the molecule is CCOC(=O)C1=C(C)Nc2c(c(NCc3ccccc3)nc(=O)n2-c2ccccc2)C1c1ccccc1. The van der Waals surface area contributed by atoms with Crippen LogP contribution in [0.3, 0.4) is 0 Å². The maximum Gasteiger partial charge on any atom is 0.355 e. The predicted molar refractivity (Wildman–Crippen MR) is 145 cm³/mol. The Morgan fingerprint density at radius 2 is 1.59 bits per heavy atom. The zero-order valence-corrected chi connectivity index (χ0v) is 20.8. The van der Waals surface area contributed by atoms with Crippen LogP contribution in [0.5, 0.6) is 0 Å². The number of ether oxygens (including phenoxy) is 1. The summed E-state index contributed by atoms with van der Waals surface area (Å²) in [6.07, 6.45) is 0. The van der Waals surface area contributed by atoms with Crippen molar-refractivity contribution in [3.8, 4) is 5.69 Å². The molecule has 1 aliphatic heterocycles. The van der Waals surface area contributed by atoms with Crippen molar-refractivity contribution in [2.45, 2.75) is 26.3 Å². The van der Waals surface area contributed by atoms with Gasteiger partial charge in [0, 0.05) is 17.8 Å². The highest BCUT2D eigenvalue weighted by Crippen LogP contribution is 2.45. The van der Waals surface area contributed by atoms with Crippen molar-refractivity contribution in [1.29, 1.82) is 0 Å². The van der Waals surface area contributed by atoms with Gasteiger partial charge in [-0.15, -0.1) is 0 Å². The number of anilines is 2. The second-order valence-electron chi connectivity index (χ2n) is 8.74. The van der Waals surface area contributed by atoms with Gasteiger partial charge in [-0.05, 0) is 37.1 Å². The lowest BCUT2D eigenvalue weighted by molar-refractivity contribution is -0.138. The van der Waals surface area contributed by atoms with E-state index in [4.69, 9.17) is 4.74 Å². The summed E-state index contributed by atoms with van der Waals surface area (Å²) in [4.78, 5) is 31.2. The van der Waals surface area contributed by atoms with E-state index in [0.717, 1.165) is 11.1 Å². The van der Waals surface area contributed by atoms with Gasteiger partial charge in [0.05, 0.1) is 23.8 Å². The number of hydrogen-bond acceptors (Lipinski definition) is 6. The number of esters is 1. The van der Waals surface area contributed by atoms with Crippen molar-refractivity contribution in [3.63, 3.8) is 0 Å². The minimum atomic E-state index is -0.502. The number of hydrogen-bond donors (Lipinski definition) is 2. The Hall–Kier alpha value is -4.65. The fourth-order valence-electron chi connectivity index (χ4n) is 4.73. The summed E-state index contributed by atoms with van der Waals surface area (Å²) < 4.78 is 7.04. The molecule has 0 radical (unpaired) electrons. The van der Waals surface area contributed by atoms with Gasteiger partial charge in [0.1, 0.15) is 11.6 Å². The van der Waals surface area contributed by atoms with Crippen LogP contribution < -0.4 is 16.3 Å². The van der Waals surface area contributed by atoms with Crippen LogP contribution in [0.2, 0.25) is 0 Å². The van der Waals surface area contributed by atoms with Gasteiger partial charge >= 0.3 is 11.7 Å². The van der Waals surface area contributed by atoms with Crippen LogP contribution in [0.15, 0.2) is 107 Å². The highest BCUT2D eigenvalue weighted by Gasteiger charge is 2.37. The molecule has 186 valence electrons. The fourth-order valence-corrected chi connectivity index (χ4v) is 4.73. The number of allylic oxidation sites excluding steroid dienone is 1. The molecule has 3 aromatic carbocycles. The normalized spacial score (nSPS) is 14.5. The molecule has 5 rings (SSSR count). The first-order chi connectivity index (χ1) is 18.1. The van der Waals surface area contributed by atoms with Gasteiger partial charge in [-0.2, -0.15) is 4.98 Å². The maximum atomic E-state index is 13.5. The number of carbonyl (C=O) groups is 1. The quantitative estimate of drug-likeness (QED) is 0.343. The van der Waals surface area contributed by atoms with Gasteiger partial charge in [-0.25, -0.2) is 14.2 Å². The third-order valence-electron chi connectivity index (χ3n) is 6.37. The van der Waals surface area contributed by atoms with Gasteiger partial charge in [-0.3, -0.25) is 0 Å². The number of fused-ring (bicyclic) bond motifs is 1. The summed E-state index contributed by atoms with van der Waals surface area (Å²) in [7, 11) is 0. The largest absolute Gasteiger partial charge is 0.463 e. The Morgan fingerprint density at radius 1 is 0.973 bits per heavy atom. The third kappa shape index (κ3) is 4.76. The van der Waals surface area contributed by atoms with E-state index in [1.165, 1.54) is 0 Å². The molecule has 7 heteroatoms. The van der Waals surface area contributed by atoms with Gasteiger partial charge in [0.25, 0.3) is 0 Å². The zero-order valence-electron chi connectivity index (χ0n) is 20.8. The summed E-state index contributed by atoms with van der Waals surface area (Å²) in [6.45, 7) is 4.35. The van der Waals surface area contributed by atoms with Crippen LogP contribution in [-0.2, 0) is 16.1 Å². The van der Waals surface area contributed by atoms with Gasteiger partial charge in [-0.1, -0.05) is 78.9 Å². The van der Waals surface area contributed by atoms with Gasteiger partial charge in [0.2, 0.25) is 0 Å². The molecule has 0 fully saturated rings. The third-order valence-corrected chi connectivity index (χ3v) is 6.37. The van der Waals surface area contributed by atoms with Crippen LogP contribution in [0, 0.1) is 0 Å². The summed E-state index contributed by atoms with van der Waals surface area (Å²) in [5, 5.41) is 6.73. The Labute approximate surface area is 215 Å². The summed E-state index contributed by atoms with van der Waals surface area (Å²) in [6, 6.07) is 29.0. The molecule has 0 amide bonds. The molecule has 1 unspecified atom stereocenters. The number of nitrogens with zero attached hydrogens (tertiary/aromatic N) is 2. The Kier molecular flexibility index (Phi) is 6.85. The minimum absolute atomic E-state index is 0.255. The van der Waals surface area contributed by atoms with E-state index >= 15 is 0 Å². The summed E-state index contributed by atoms with van der Waals surface area (Å²) in [5.74, 6) is 0.0872. The second-order valence-corrected chi connectivity index (χ2v) is 8.74. The highest BCUT2D eigenvalue weighted by atomic mass is 16.5. The average Bonchev–Trinajstić information content (AvgIpc) is 2.92. The van der Waals surface area contributed by atoms with E-state index in [1.54, 1.807) is 11.5 Å². The fraction of sp³-hybridized carbons (Fsp3) is 0.167. The van der Waals surface area contributed by atoms with E-state index < -0.39 is 17.6 Å². The molecule has 1 aliphatic rings. The smallest absolute Gasteiger partial charge is 0.355 e. The lowest BCUT2D eigenvalue weighted by Crippen LogP contribution is -2.33. The van der Waals surface area contributed by atoms with Crippen molar-refractivity contribution in [3.05, 3.63) is 129 Å². The Bertz CT molecular complexity index is 1500. The lowest BCUT2D eigenvalue weighted by atomic mass is 9.81. The average molecular weight is 493 g/mol. The molecule has 0 bridgehead atoms.